The topological polar surface area (TPSA) is 71.8 Å². The molecular formula is C14H18IN3O3S. The van der Waals surface area contributed by atoms with Gasteiger partial charge < -0.3 is 4.90 Å². The van der Waals surface area contributed by atoms with Gasteiger partial charge in [-0.2, -0.15) is 0 Å². The third-order valence-corrected chi connectivity index (χ3v) is 6.61. The zero-order chi connectivity index (χ0) is 16.9. The van der Waals surface area contributed by atoms with Gasteiger partial charge in [-0.3, -0.25) is 9.20 Å². The summed E-state index contributed by atoms with van der Waals surface area (Å²) in [6.45, 7) is 4.86. The summed E-state index contributed by atoms with van der Waals surface area (Å²) in [7, 11) is -0.486. The highest BCUT2D eigenvalue weighted by Crippen LogP contribution is 2.29. The zero-order valence-electron chi connectivity index (χ0n) is 13.1. The first-order valence-electron chi connectivity index (χ1n) is 6.59. The van der Waals surface area contributed by atoms with Crippen LogP contribution >= 0.6 is 22.6 Å². The Hall–Kier alpha value is -1.16. The van der Waals surface area contributed by atoms with Gasteiger partial charge in [0.2, 0.25) is 0 Å². The second-order valence-corrected chi connectivity index (χ2v) is 9.95. The Morgan fingerprint density at radius 3 is 2.41 bits per heavy atom. The van der Waals surface area contributed by atoms with Crippen LogP contribution in [-0.4, -0.2) is 47.5 Å². The van der Waals surface area contributed by atoms with Crippen LogP contribution in [0.15, 0.2) is 23.4 Å². The lowest BCUT2D eigenvalue weighted by molar-refractivity contribution is 0.0824. The van der Waals surface area contributed by atoms with Crippen LogP contribution in [0.25, 0.3) is 5.65 Å². The quantitative estimate of drug-likeness (QED) is 0.679. The van der Waals surface area contributed by atoms with Crippen LogP contribution in [0, 0.1) is 3.70 Å². The number of nitrogens with zero attached hydrogens (tertiary/aromatic N) is 3. The number of hydrogen-bond donors (Lipinski definition) is 0. The Kier molecular flexibility index (Phi) is 4.29. The Morgan fingerprint density at radius 2 is 1.91 bits per heavy atom. The van der Waals surface area contributed by atoms with Gasteiger partial charge in [-0.1, -0.05) is 0 Å². The molecule has 0 fully saturated rings. The standard InChI is InChI=1S/C14H18IN3O3S/c1-14(2,3)22(20,21)10-8-18-11(15)7-16-12(18)6-9(10)13(19)17(4)5/h6-8H,1-5H3. The second-order valence-electron chi connectivity index (χ2n) is 6.18. The molecule has 2 aromatic heterocycles. The number of aromatic nitrogens is 2. The van der Waals surface area contributed by atoms with Crippen LogP contribution in [0.3, 0.4) is 0 Å². The molecule has 1 amide bonds. The number of imidazole rings is 1. The molecule has 0 aromatic carbocycles. The number of sulfone groups is 1. The molecule has 120 valence electrons. The fourth-order valence-corrected chi connectivity index (χ4v) is 3.79. The Labute approximate surface area is 143 Å². The molecule has 0 bridgehead atoms. The number of fused-ring (bicyclic) bond motifs is 1. The lowest BCUT2D eigenvalue weighted by Gasteiger charge is -2.22. The zero-order valence-corrected chi connectivity index (χ0v) is 16.1. The van der Waals surface area contributed by atoms with E-state index in [0.717, 1.165) is 3.70 Å². The molecule has 2 aromatic rings. The summed E-state index contributed by atoms with van der Waals surface area (Å²) < 4.78 is 27.2. The molecule has 0 spiro atoms. The molecule has 6 nitrogen and oxygen atoms in total. The molecule has 0 atom stereocenters. The third-order valence-electron chi connectivity index (χ3n) is 3.30. The molecular weight excluding hydrogens is 417 g/mol. The van der Waals surface area contributed by atoms with E-state index in [-0.39, 0.29) is 16.4 Å². The molecule has 22 heavy (non-hydrogen) atoms. The number of amides is 1. The first-order valence-corrected chi connectivity index (χ1v) is 9.16. The van der Waals surface area contributed by atoms with E-state index in [1.165, 1.54) is 17.2 Å². The summed E-state index contributed by atoms with van der Waals surface area (Å²) in [6, 6.07) is 1.53. The normalized spacial score (nSPS) is 12.6. The van der Waals surface area contributed by atoms with Crippen molar-refractivity contribution in [3.63, 3.8) is 0 Å². The van der Waals surface area contributed by atoms with Crippen molar-refractivity contribution >= 4 is 44.0 Å². The second kappa shape index (κ2) is 5.48. The first kappa shape index (κ1) is 17.2. The molecule has 0 N–H and O–H groups in total. The fourth-order valence-electron chi connectivity index (χ4n) is 1.93. The summed E-state index contributed by atoms with van der Waals surface area (Å²) in [5, 5.41) is 0. The van der Waals surface area contributed by atoms with E-state index >= 15 is 0 Å². The predicted molar refractivity (Wildman–Crippen MR) is 92.9 cm³/mol. The number of hydrogen-bond acceptors (Lipinski definition) is 4. The number of carbonyl (C=O) groups is 1. The van der Waals surface area contributed by atoms with Crippen molar-refractivity contribution in [3.05, 3.63) is 27.7 Å². The molecule has 8 heteroatoms. The molecule has 0 aliphatic rings. The lowest BCUT2D eigenvalue weighted by Crippen LogP contribution is -2.31. The maximum Gasteiger partial charge on any atom is 0.254 e. The number of carbonyl (C=O) groups excluding carboxylic acids is 1. The minimum atomic E-state index is -3.67. The smallest absolute Gasteiger partial charge is 0.254 e. The SMILES string of the molecule is CN(C)C(=O)c1cc2ncc(I)n2cc1S(=O)(=O)C(C)(C)C. The van der Waals surface area contributed by atoms with E-state index in [9.17, 15) is 13.2 Å². The molecule has 0 saturated heterocycles. The maximum absolute atomic E-state index is 12.9. The molecule has 0 aliphatic carbocycles. The highest BCUT2D eigenvalue weighted by atomic mass is 127. The minimum absolute atomic E-state index is 0.0297. The van der Waals surface area contributed by atoms with Crippen molar-refractivity contribution in [2.45, 2.75) is 30.4 Å². The van der Waals surface area contributed by atoms with E-state index in [4.69, 9.17) is 0 Å². The van der Waals surface area contributed by atoms with Gasteiger partial charge in [-0.05, 0) is 49.4 Å². The minimum Gasteiger partial charge on any atom is -0.345 e. The summed E-state index contributed by atoms with van der Waals surface area (Å²) in [4.78, 5) is 18.0. The van der Waals surface area contributed by atoms with Crippen LogP contribution < -0.4 is 0 Å². The van der Waals surface area contributed by atoms with Crippen molar-refractivity contribution in [2.75, 3.05) is 14.1 Å². The molecule has 0 saturated carbocycles. The van der Waals surface area contributed by atoms with Crippen LogP contribution in [0.2, 0.25) is 0 Å². The van der Waals surface area contributed by atoms with Crippen LogP contribution in [0.1, 0.15) is 31.1 Å². The maximum atomic E-state index is 12.9. The molecule has 2 heterocycles. The van der Waals surface area contributed by atoms with Crippen molar-refractivity contribution in [2.24, 2.45) is 0 Å². The monoisotopic (exact) mass is 435 g/mol. The molecule has 0 aliphatic heterocycles. The van der Waals surface area contributed by atoms with Crippen LogP contribution in [-0.2, 0) is 9.84 Å². The highest BCUT2D eigenvalue weighted by molar-refractivity contribution is 14.1. The van der Waals surface area contributed by atoms with Crippen LogP contribution in [0.4, 0.5) is 0 Å². The number of pyridine rings is 1. The van der Waals surface area contributed by atoms with Gasteiger partial charge in [-0.25, -0.2) is 13.4 Å². The fraction of sp³-hybridized carbons (Fsp3) is 0.429. The summed E-state index contributed by atoms with van der Waals surface area (Å²) in [6.07, 6.45) is 3.12. The van der Waals surface area contributed by atoms with Crippen molar-refractivity contribution in [1.82, 2.24) is 14.3 Å². The van der Waals surface area contributed by atoms with Crippen molar-refractivity contribution in [1.29, 1.82) is 0 Å². The number of rotatable bonds is 2. The summed E-state index contributed by atoms with van der Waals surface area (Å²) in [5.74, 6) is -0.358. The van der Waals surface area contributed by atoms with E-state index in [2.05, 4.69) is 27.6 Å². The van der Waals surface area contributed by atoms with Gasteiger partial charge >= 0.3 is 0 Å². The predicted octanol–water partition coefficient (Wildman–Crippen LogP) is 2.21. The van der Waals surface area contributed by atoms with Gasteiger partial charge in [0.05, 0.1) is 21.4 Å². The largest absolute Gasteiger partial charge is 0.345 e. The summed E-state index contributed by atoms with van der Waals surface area (Å²) >= 11 is 2.07. The van der Waals surface area contributed by atoms with Crippen molar-refractivity contribution in [3.8, 4) is 0 Å². The van der Waals surface area contributed by atoms with Gasteiger partial charge in [0.1, 0.15) is 9.35 Å². The van der Waals surface area contributed by atoms with E-state index in [1.807, 2.05) is 0 Å². The Morgan fingerprint density at radius 1 is 1.32 bits per heavy atom. The lowest BCUT2D eigenvalue weighted by atomic mass is 10.2. The highest BCUT2D eigenvalue weighted by Gasteiger charge is 2.35. The summed E-state index contributed by atoms with van der Waals surface area (Å²) in [5.41, 5.74) is 0.692. The van der Waals surface area contributed by atoms with Crippen LogP contribution in [0.5, 0.6) is 0 Å². The number of halogens is 1. The van der Waals surface area contributed by atoms with Gasteiger partial charge in [-0.15, -0.1) is 0 Å². The Bertz CT molecular complexity index is 848. The van der Waals surface area contributed by atoms with Gasteiger partial charge in [0.15, 0.2) is 9.84 Å². The average Bonchev–Trinajstić information content (AvgIpc) is 2.76. The molecule has 0 unspecified atom stereocenters. The third kappa shape index (κ3) is 2.73. The van der Waals surface area contributed by atoms with Gasteiger partial charge in [0.25, 0.3) is 5.91 Å². The first-order chi connectivity index (χ1) is 9.96. The van der Waals surface area contributed by atoms with E-state index in [1.54, 1.807) is 45.5 Å². The van der Waals surface area contributed by atoms with Gasteiger partial charge in [0, 0.05) is 20.3 Å². The van der Waals surface area contributed by atoms with E-state index in [0.29, 0.717) is 5.65 Å². The van der Waals surface area contributed by atoms with Crippen molar-refractivity contribution < 1.29 is 13.2 Å². The average molecular weight is 435 g/mol. The molecule has 2 rings (SSSR count). The molecule has 0 radical (unpaired) electrons. The Balaban J connectivity index is 2.88. The van der Waals surface area contributed by atoms with E-state index < -0.39 is 14.6 Å².